The Bertz CT molecular complexity index is 958. The fraction of sp³-hybridized carbons (Fsp3) is 0.333. The molecule has 2 N–H and O–H groups in total. The summed E-state index contributed by atoms with van der Waals surface area (Å²) >= 11 is 1.38. The molecule has 0 aromatic carbocycles. The maximum Gasteiger partial charge on any atom is 0.268 e. The summed E-state index contributed by atoms with van der Waals surface area (Å²) in [5.74, 6) is 1.18. The summed E-state index contributed by atoms with van der Waals surface area (Å²) < 4.78 is 0.633. The quantitative estimate of drug-likeness (QED) is 0.757. The van der Waals surface area contributed by atoms with E-state index in [9.17, 15) is 9.59 Å². The zero-order valence-corrected chi connectivity index (χ0v) is 13.9. The van der Waals surface area contributed by atoms with E-state index in [1.807, 2.05) is 30.3 Å². The normalized spacial score (nSPS) is 12.9. The predicted molar refractivity (Wildman–Crippen MR) is 89.7 cm³/mol. The molecule has 0 aliphatic rings. The Balaban J connectivity index is 1.85. The summed E-state index contributed by atoms with van der Waals surface area (Å²) in [6.45, 7) is 4.17. The number of fused-ring (bicyclic) bond motifs is 1. The van der Waals surface area contributed by atoms with Crippen LogP contribution < -0.4 is 11.1 Å². The Hall–Kier alpha value is -2.32. The van der Waals surface area contributed by atoms with Crippen LogP contribution in [0.2, 0.25) is 0 Å². The van der Waals surface area contributed by atoms with Gasteiger partial charge in [-0.1, -0.05) is 0 Å². The lowest BCUT2D eigenvalue weighted by Crippen LogP contribution is -2.27. The molecule has 0 radical (unpaired) electrons. The molecule has 0 saturated heterocycles. The summed E-state index contributed by atoms with van der Waals surface area (Å²) in [6, 6.07) is 3.17. The third-order valence-electron chi connectivity index (χ3n) is 3.71. The van der Waals surface area contributed by atoms with E-state index in [1.165, 1.54) is 17.4 Å². The largest absolute Gasteiger partial charge is 0.309 e. The number of aromatic amines is 2. The number of aromatic nitrogens is 4. The van der Waals surface area contributed by atoms with Crippen molar-refractivity contribution in [3.63, 3.8) is 0 Å². The van der Waals surface area contributed by atoms with Gasteiger partial charge in [-0.25, -0.2) is 9.97 Å². The first-order chi connectivity index (χ1) is 10.9. The second-order valence-corrected chi connectivity index (χ2v) is 6.43. The fourth-order valence-corrected chi connectivity index (χ4v) is 3.10. The summed E-state index contributed by atoms with van der Waals surface area (Å²) in [6.07, 6.45) is 0. The molecule has 3 rings (SSSR count). The Labute approximate surface area is 136 Å². The monoisotopic (exact) mass is 331 g/mol. The van der Waals surface area contributed by atoms with Crippen molar-refractivity contribution in [2.75, 3.05) is 7.05 Å². The molecule has 0 aliphatic carbocycles. The van der Waals surface area contributed by atoms with Crippen LogP contribution in [0.3, 0.4) is 0 Å². The summed E-state index contributed by atoms with van der Waals surface area (Å²) in [5, 5.41) is 1.85. The van der Waals surface area contributed by atoms with Crippen LogP contribution >= 0.6 is 11.3 Å². The highest BCUT2D eigenvalue weighted by molar-refractivity contribution is 7.17. The molecule has 7 nitrogen and oxygen atoms in total. The lowest BCUT2D eigenvalue weighted by atomic mass is 10.2. The number of thiophene rings is 1. The van der Waals surface area contributed by atoms with Gasteiger partial charge in [0.25, 0.3) is 11.1 Å². The van der Waals surface area contributed by atoms with Crippen LogP contribution in [-0.4, -0.2) is 31.9 Å². The van der Waals surface area contributed by atoms with Crippen molar-refractivity contribution in [3.05, 3.63) is 55.6 Å². The molecule has 3 aromatic heterocycles. The molecule has 120 valence electrons. The highest BCUT2D eigenvalue weighted by Gasteiger charge is 2.16. The van der Waals surface area contributed by atoms with Gasteiger partial charge in [0.2, 0.25) is 0 Å². The minimum absolute atomic E-state index is 0.119. The number of aryl methyl sites for hydroxylation is 1. The van der Waals surface area contributed by atoms with Gasteiger partial charge in [-0.2, -0.15) is 0 Å². The van der Waals surface area contributed by atoms with Gasteiger partial charge in [0.05, 0.1) is 18.1 Å². The molecule has 3 heterocycles. The molecule has 0 saturated carbocycles. The van der Waals surface area contributed by atoms with E-state index in [0.717, 1.165) is 0 Å². The van der Waals surface area contributed by atoms with Gasteiger partial charge >= 0.3 is 0 Å². The highest BCUT2D eigenvalue weighted by Crippen LogP contribution is 2.17. The van der Waals surface area contributed by atoms with Gasteiger partial charge < -0.3 is 9.97 Å². The second-order valence-electron chi connectivity index (χ2n) is 5.51. The average molecular weight is 331 g/mol. The summed E-state index contributed by atoms with van der Waals surface area (Å²) in [5.41, 5.74) is 1.09. The lowest BCUT2D eigenvalue weighted by molar-refractivity contribution is 0.237. The molecule has 8 heteroatoms. The third-order valence-corrected chi connectivity index (χ3v) is 4.61. The Morgan fingerprint density at radius 2 is 2.09 bits per heavy atom. The lowest BCUT2D eigenvalue weighted by Gasteiger charge is -2.23. The van der Waals surface area contributed by atoms with E-state index in [-0.39, 0.29) is 17.2 Å². The Morgan fingerprint density at radius 3 is 2.83 bits per heavy atom. The number of hydrogen-bond acceptors (Lipinski definition) is 6. The Morgan fingerprint density at radius 1 is 1.30 bits per heavy atom. The van der Waals surface area contributed by atoms with E-state index >= 15 is 0 Å². The predicted octanol–water partition coefficient (Wildman–Crippen LogP) is 1.57. The molecule has 0 bridgehead atoms. The van der Waals surface area contributed by atoms with Crippen LogP contribution in [-0.2, 0) is 6.54 Å². The maximum absolute atomic E-state index is 12.0. The van der Waals surface area contributed by atoms with Crippen molar-refractivity contribution in [3.8, 4) is 0 Å². The SMILES string of the molecule is Cc1cc(=O)[nH]c(C(C)N(C)Cc2nc3ccsc3c(=O)[nH]2)n1. The number of rotatable bonds is 4. The van der Waals surface area contributed by atoms with E-state index in [2.05, 4.69) is 19.9 Å². The molecule has 0 fully saturated rings. The Kier molecular flexibility index (Phi) is 4.10. The summed E-state index contributed by atoms with van der Waals surface area (Å²) in [4.78, 5) is 40.0. The highest BCUT2D eigenvalue weighted by atomic mass is 32.1. The minimum Gasteiger partial charge on any atom is -0.309 e. The van der Waals surface area contributed by atoms with Crippen molar-refractivity contribution >= 4 is 21.6 Å². The first kappa shape index (κ1) is 15.6. The van der Waals surface area contributed by atoms with Gasteiger partial charge in [0, 0.05) is 11.8 Å². The summed E-state index contributed by atoms with van der Waals surface area (Å²) in [7, 11) is 1.89. The molecule has 1 unspecified atom stereocenters. The maximum atomic E-state index is 12.0. The fourth-order valence-electron chi connectivity index (χ4n) is 2.38. The van der Waals surface area contributed by atoms with Crippen LogP contribution in [0.25, 0.3) is 10.2 Å². The molecule has 23 heavy (non-hydrogen) atoms. The van der Waals surface area contributed by atoms with Gasteiger partial charge in [-0.3, -0.25) is 14.5 Å². The first-order valence-corrected chi connectivity index (χ1v) is 8.06. The van der Waals surface area contributed by atoms with Crippen molar-refractivity contribution in [1.29, 1.82) is 0 Å². The van der Waals surface area contributed by atoms with Gasteiger partial charge in [0.1, 0.15) is 16.3 Å². The molecule has 0 spiro atoms. The minimum atomic E-state index is -0.168. The van der Waals surface area contributed by atoms with Crippen molar-refractivity contribution in [1.82, 2.24) is 24.8 Å². The molecule has 3 aromatic rings. The average Bonchev–Trinajstić information content (AvgIpc) is 2.94. The molecule has 0 amide bonds. The smallest absolute Gasteiger partial charge is 0.268 e. The zero-order chi connectivity index (χ0) is 16.6. The van der Waals surface area contributed by atoms with Crippen molar-refractivity contribution in [2.24, 2.45) is 0 Å². The van der Waals surface area contributed by atoms with Crippen LogP contribution in [0, 0.1) is 6.92 Å². The third kappa shape index (κ3) is 3.22. The first-order valence-electron chi connectivity index (χ1n) is 7.18. The van der Waals surface area contributed by atoms with Crippen LogP contribution in [0.15, 0.2) is 27.1 Å². The topological polar surface area (TPSA) is 94.7 Å². The zero-order valence-electron chi connectivity index (χ0n) is 13.1. The molecule has 0 aliphatic heterocycles. The van der Waals surface area contributed by atoms with Crippen LogP contribution in [0.1, 0.15) is 30.3 Å². The van der Waals surface area contributed by atoms with E-state index < -0.39 is 0 Å². The number of hydrogen-bond donors (Lipinski definition) is 2. The standard InChI is InChI=1S/C15H17N5O2S/c1-8-6-12(21)19-14(16-8)9(2)20(3)7-11-17-10-4-5-23-13(10)15(22)18-11/h4-6,9H,7H2,1-3H3,(H,16,19,21)(H,17,18,22). The van der Waals surface area contributed by atoms with Gasteiger partial charge in [0.15, 0.2) is 0 Å². The number of H-pyrrole nitrogens is 2. The van der Waals surface area contributed by atoms with Crippen LogP contribution in [0.4, 0.5) is 0 Å². The van der Waals surface area contributed by atoms with Crippen molar-refractivity contribution in [2.45, 2.75) is 26.4 Å². The number of nitrogens with one attached hydrogen (secondary N) is 2. The van der Waals surface area contributed by atoms with Crippen LogP contribution in [0.5, 0.6) is 0 Å². The van der Waals surface area contributed by atoms with E-state index in [1.54, 1.807) is 6.92 Å². The van der Waals surface area contributed by atoms with E-state index in [0.29, 0.717) is 34.1 Å². The van der Waals surface area contributed by atoms with Gasteiger partial charge in [-0.15, -0.1) is 11.3 Å². The second kappa shape index (κ2) is 6.05. The van der Waals surface area contributed by atoms with Crippen molar-refractivity contribution < 1.29 is 0 Å². The molecule has 1 atom stereocenters. The molecular weight excluding hydrogens is 314 g/mol. The molecular formula is C15H17N5O2S. The van der Waals surface area contributed by atoms with Gasteiger partial charge in [-0.05, 0) is 32.3 Å². The van der Waals surface area contributed by atoms with E-state index in [4.69, 9.17) is 0 Å². The number of nitrogens with zero attached hydrogens (tertiary/aromatic N) is 3.